The third kappa shape index (κ3) is 3.40. The van der Waals surface area contributed by atoms with Crippen molar-refractivity contribution in [2.24, 2.45) is 0 Å². The van der Waals surface area contributed by atoms with Gasteiger partial charge in [-0.1, -0.05) is 48.0 Å². The van der Waals surface area contributed by atoms with Gasteiger partial charge in [0.25, 0.3) is 0 Å². The van der Waals surface area contributed by atoms with Gasteiger partial charge in [0.1, 0.15) is 5.01 Å². The highest BCUT2D eigenvalue weighted by Crippen LogP contribution is 2.43. The highest BCUT2D eigenvalue weighted by Gasteiger charge is 2.18. The summed E-state index contributed by atoms with van der Waals surface area (Å²) in [6, 6.07) is 20.7. The third-order valence-corrected chi connectivity index (χ3v) is 6.93. The van der Waals surface area contributed by atoms with Gasteiger partial charge in [0.05, 0.1) is 20.5 Å². The molecule has 0 radical (unpaired) electrons. The predicted octanol–water partition coefficient (Wildman–Crippen LogP) is 7.58. The van der Waals surface area contributed by atoms with Crippen LogP contribution < -0.4 is 0 Å². The summed E-state index contributed by atoms with van der Waals surface area (Å²) in [5, 5.41) is 3.78. The van der Waals surface area contributed by atoms with E-state index in [9.17, 15) is 0 Å². The van der Waals surface area contributed by atoms with Crippen LogP contribution in [0.4, 0.5) is 0 Å². The molecule has 4 aromatic rings. The van der Waals surface area contributed by atoms with Crippen molar-refractivity contribution in [3.63, 3.8) is 0 Å². The Labute approximate surface area is 164 Å². The summed E-state index contributed by atoms with van der Waals surface area (Å²) in [6.07, 6.45) is 2.09. The van der Waals surface area contributed by atoms with E-state index in [1.54, 1.807) is 34.4 Å². The van der Waals surface area contributed by atoms with Gasteiger partial charge < -0.3 is 0 Å². The molecule has 2 aromatic carbocycles. The smallest absolute Gasteiger partial charge is 0.126 e. The van der Waals surface area contributed by atoms with Crippen molar-refractivity contribution >= 4 is 46.0 Å². The fourth-order valence-corrected chi connectivity index (χ4v) is 5.19. The normalized spacial score (nSPS) is 11.0. The molecular formula is C20H14ClNS3. The monoisotopic (exact) mass is 399 g/mol. The van der Waals surface area contributed by atoms with Gasteiger partial charge in [-0.25, -0.2) is 4.98 Å². The molecule has 5 heteroatoms. The number of hydrogen-bond donors (Lipinski definition) is 0. The Bertz CT molecular complexity index is 988. The van der Waals surface area contributed by atoms with Crippen molar-refractivity contribution in [3.05, 3.63) is 71.1 Å². The molecule has 0 amide bonds. The van der Waals surface area contributed by atoms with E-state index in [-0.39, 0.29) is 0 Å². The van der Waals surface area contributed by atoms with E-state index in [1.165, 1.54) is 20.2 Å². The lowest BCUT2D eigenvalue weighted by atomic mass is 10.1. The molecule has 2 aromatic heterocycles. The molecule has 25 heavy (non-hydrogen) atoms. The lowest BCUT2D eigenvalue weighted by Gasteiger charge is -2.02. The fraction of sp³-hybridized carbons (Fsp3) is 0.0500. The Morgan fingerprint density at radius 2 is 1.76 bits per heavy atom. The molecule has 0 aliphatic carbocycles. The van der Waals surface area contributed by atoms with Gasteiger partial charge in [-0.15, -0.1) is 34.4 Å². The number of aromatic nitrogens is 1. The van der Waals surface area contributed by atoms with Crippen LogP contribution in [0, 0.1) is 0 Å². The second kappa shape index (κ2) is 7.34. The van der Waals surface area contributed by atoms with Crippen molar-refractivity contribution in [1.29, 1.82) is 0 Å². The maximum atomic E-state index is 6.40. The Hall–Kier alpha value is -1.59. The number of nitrogens with zero attached hydrogens (tertiary/aromatic N) is 1. The van der Waals surface area contributed by atoms with Crippen LogP contribution in [0.15, 0.2) is 70.9 Å². The number of rotatable bonds is 4. The predicted molar refractivity (Wildman–Crippen MR) is 113 cm³/mol. The van der Waals surface area contributed by atoms with Gasteiger partial charge in [0.2, 0.25) is 0 Å². The average Bonchev–Trinajstić information content (AvgIpc) is 3.32. The summed E-state index contributed by atoms with van der Waals surface area (Å²) in [4.78, 5) is 8.57. The van der Waals surface area contributed by atoms with Crippen molar-refractivity contribution in [1.82, 2.24) is 4.98 Å². The summed E-state index contributed by atoms with van der Waals surface area (Å²) in [6.45, 7) is 0. The van der Waals surface area contributed by atoms with E-state index < -0.39 is 0 Å². The number of hydrogen-bond acceptors (Lipinski definition) is 4. The molecule has 0 bridgehead atoms. The minimum atomic E-state index is 0.735. The first-order valence-corrected chi connectivity index (χ1v) is 11.0. The third-order valence-electron chi connectivity index (χ3n) is 3.84. The topological polar surface area (TPSA) is 12.9 Å². The molecule has 0 unspecified atom stereocenters. The molecule has 0 saturated heterocycles. The van der Waals surface area contributed by atoms with E-state index in [2.05, 4.69) is 48.0 Å². The lowest BCUT2D eigenvalue weighted by molar-refractivity contribution is 1.41. The van der Waals surface area contributed by atoms with Gasteiger partial charge in [-0.05, 0) is 41.5 Å². The first-order valence-electron chi connectivity index (χ1n) is 7.70. The van der Waals surface area contributed by atoms with Crippen LogP contribution in [0.3, 0.4) is 0 Å². The maximum Gasteiger partial charge on any atom is 0.126 e. The van der Waals surface area contributed by atoms with Crippen molar-refractivity contribution in [2.45, 2.75) is 4.90 Å². The summed E-state index contributed by atoms with van der Waals surface area (Å²) in [5.41, 5.74) is 3.21. The van der Waals surface area contributed by atoms with Gasteiger partial charge >= 0.3 is 0 Å². The summed E-state index contributed by atoms with van der Waals surface area (Å²) >= 11 is 11.6. The molecule has 0 aliphatic heterocycles. The van der Waals surface area contributed by atoms with E-state index in [0.29, 0.717) is 0 Å². The fourth-order valence-electron chi connectivity index (χ4n) is 2.59. The molecule has 0 saturated carbocycles. The largest absolute Gasteiger partial charge is 0.234 e. The second-order valence-corrected chi connectivity index (χ2v) is 8.62. The maximum absolute atomic E-state index is 6.40. The molecule has 0 spiro atoms. The van der Waals surface area contributed by atoms with Gasteiger partial charge in [-0.3, -0.25) is 0 Å². The number of thiophene rings is 1. The van der Waals surface area contributed by atoms with Crippen LogP contribution in [0.5, 0.6) is 0 Å². The van der Waals surface area contributed by atoms with Gasteiger partial charge in [0.15, 0.2) is 0 Å². The van der Waals surface area contributed by atoms with Crippen LogP contribution in [-0.4, -0.2) is 11.2 Å². The van der Waals surface area contributed by atoms with Crippen LogP contribution in [0.25, 0.3) is 31.6 Å². The molecular weight excluding hydrogens is 386 g/mol. The van der Waals surface area contributed by atoms with E-state index in [4.69, 9.17) is 16.6 Å². The zero-order valence-electron chi connectivity index (χ0n) is 13.4. The molecule has 4 rings (SSSR count). The molecule has 1 nitrogen and oxygen atoms in total. The zero-order chi connectivity index (χ0) is 17.2. The zero-order valence-corrected chi connectivity index (χ0v) is 16.6. The number of thiazole rings is 1. The second-order valence-electron chi connectivity index (χ2n) is 5.38. The Morgan fingerprint density at radius 1 is 0.960 bits per heavy atom. The van der Waals surface area contributed by atoms with Crippen molar-refractivity contribution in [3.8, 4) is 31.6 Å². The minimum Gasteiger partial charge on any atom is -0.234 e. The van der Waals surface area contributed by atoms with E-state index >= 15 is 0 Å². The number of benzene rings is 2. The molecule has 0 aliphatic rings. The van der Waals surface area contributed by atoms with Crippen LogP contribution in [0.2, 0.25) is 5.02 Å². The summed E-state index contributed by atoms with van der Waals surface area (Å²) in [5.74, 6) is 0. The Balaban J connectivity index is 1.88. The number of thioether (sulfide) groups is 1. The Kier molecular flexibility index (Phi) is 4.95. The molecule has 0 atom stereocenters. The summed E-state index contributed by atoms with van der Waals surface area (Å²) in [7, 11) is 0. The first kappa shape index (κ1) is 16.9. The SMILES string of the molecule is CSc1ccc(-c2sc(-c3ccccc3Cl)nc2-c2cccs2)cc1. The van der Waals surface area contributed by atoms with Crippen molar-refractivity contribution in [2.75, 3.05) is 6.26 Å². The number of halogens is 1. The summed E-state index contributed by atoms with van der Waals surface area (Å²) < 4.78 is 0. The van der Waals surface area contributed by atoms with Crippen LogP contribution in [-0.2, 0) is 0 Å². The molecule has 2 heterocycles. The average molecular weight is 400 g/mol. The van der Waals surface area contributed by atoms with E-state index in [1.807, 2.05) is 24.3 Å². The van der Waals surface area contributed by atoms with E-state index in [0.717, 1.165) is 21.3 Å². The standard InChI is InChI=1S/C20H14ClNS3/c1-23-14-10-8-13(9-11-14)19-18(17-7-4-12-24-17)22-20(25-19)15-5-2-3-6-16(15)21/h2-12H,1H3. The first-order chi connectivity index (χ1) is 12.3. The molecule has 0 N–H and O–H groups in total. The van der Waals surface area contributed by atoms with Crippen LogP contribution >= 0.6 is 46.0 Å². The quantitative estimate of drug-likeness (QED) is 0.328. The van der Waals surface area contributed by atoms with Crippen molar-refractivity contribution < 1.29 is 0 Å². The highest BCUT2D eigenvalue weighted by molar-refractivity contribution is 7.98. The Morgan fingerprint density at radius 3 is 2.44 bits per heavy atom. The highest BCUT2D eigenvalue weighted by atomic mass is 35.5. The molecule has 124 valence electrons. The molecule has 0 fully saturated rings. The van der Waals surface area contributed by atoms with Gasteiger partial charge in [-0.2, -0.15) is 0 Å². The van der Waals surface area contributed by atoms with Crippen LogP contribution in [0.1, 0.15) is 0 Å². The van der Waals surface area contributed by atoms with Gasteiger partial charge in [0, 0.05) is 10.5 Å². The minimum absolute atomic E-state index is 0.735. The lowest BCUT2D eigenvalue weighted by Crippen LogP contribution is -1.80.